The number of halogens is 2. The average molecular weight is 333 g/mol. The number of hydrogen-bond acceptors (Lipinski definition) is 4. The standard InChI is InChI=1S/C17H17F2N3O2/c1-11(17-14(18)4-3-5-15(17)19)21-22-16(23)10-20-12-6-8-13(24-2)9-7-12/h3-9,20H,10H2,1-2H3,(H,22,23)/b21-11-. The minimum atomic E-state index is -0.734. The highest BCUT2D eigenvalue weighted by atomic mass is 19.1. The maximum atomic E-state index is 13.6. The average Bonchev–Trinajstić information content (AvgIpc) is 2.58. The molecule has 5 nitrogen and oxygen atoms in total. The van der Waals surface area contributed by atoms with Gasteiger partial charge in [-0.05, 0) is 43.3 Å². The first kappa shape index (κ1) is 17.4. The molecule has 0 radical (unpaired) electrons. The highest BCUT2D eigenvalue weighted by Crippen LogP contribution is 2.15. The second-order valence-corrected chi connectivity index (χ2v) is 4.91. The highest BCUT2D eigenvalue weighted by molar-refractivity contribution is 5.99. The number of methoxy groups -OCH3 is 1. The number of amides is 1. The van der Waals surface area contributed by atoms with Crippen molar-refractivity contribution in [2.75, 3.05) is 19.0 Å². The molecule has 0 aliphatic heterocycles. The van der Waals surface area contributed by atoms with Gasteiger partial charge in [0.1, 0.15) is 17.4 Å². The fourth-order valence-electron chi connectivity index (χ4n) is 1.98. The van der Waals surface area contributed by atoms with Crippen LogP contribution in [0.4, 0.5) is 14.5 Å². The summed E-state index contributed by atoms with van der Waals surface area (Å²) in [6.45, 7) is 1.38. The molecule has 0 saturated carbocycles. The Balaban J connectivity index is 1.92. The molecule has 2 rings (SSSR count). The zero-order chi connectivity index (χ0) is 17.5. The zero-order valence-corrected chi connectivity index (χ0v) is 13.3. The number of rotatable bonds is 6. The Bertz CT molecular complexity index is 726. The van der Waals surface area contributed by atoms with Gasteiger partial charge in [0, 0.05) is 5.69 Å². The number of benzene rings is 2. The first-order valence-corrected chi connectivity index (χ1v) is 7.16. The van der Waals surface area contributed by atoms with Gasteiger partial charge in [-0.2, -0.15) is 5.10 Å². The summed E-state index contributed by atoms with van der Waals surface area (Å²) in [6, 6.07) is 10.5. The molecule has 0 unspecified atom stereocenters. The van der Waals surface area contributed by atoms with E-state index in [1.807, 2.05) is 0 Å². The summed E-state index contributed by atoms with van der Waals surface area (Å²) in [4.78, 5) is 11.8. The Kier molecular flexibility index (Phi) is 5.83. The smallest absolute Gasteiger partial charge is 0.259 e. The maximum absolute atomic E-state index is 13.6. The van der Waals surface area contributed by atoms with E-state index in [4.69, 9.17) is 4.74 Å². The van der Waals surface area contributed by atoms with Crippen molar-refractivity contribution in [2.24, 2.45) is 5.10 Å². The summed E-state index contributed by atoms with van der Waals surface area (Å²) < 4.78 is 32.2. The molecule has 0 heterocycles. The SMILES string of the molecule is COc1ccc(NCC(=O)N/N=C(/C)c2c(F)cccc2F)cc1. The molecule has 0 atom stereocenters. The lowest BCUT2D eigenvalue weighted by molar-refractivity contribution is -0.119. The van der Waals surface area contributed by atoms with Crippen molar-refractivity contribution in [2.45, 2.75) is 6.92 Å². The number of hydrogen-bond donors (Lipinski definition) is 2. The monoisotopic (exact) mass is 333 g/mol. The van der Waals surface area contributed by atoms with Crippen molar-refractivity contribution in [3.8, 4) is 5.75 Å². The molecule has 0 spiro atoms. The molecule has 24 heavy (non-hydrogen) atoms. The molecular formula is C17H17F2N3O2. The second kappa shape index (κ2) is 8.05. The molecule has 0 fully saturated rings. The fraction of sp³-hybridized carbons (Fsp3) is 0.176. The normalized spacial score (nSPS) is 11.1. The summed E-state index contributed by atoms with van der Waals surface area (Å²) in [5.74, 6) is -1.21. The molecule has 1 amide bonds. The quantitative estimate of drug-likeness (QED) is 0.631. The van der Waals surface area contributed by atoms with Crippen LogP contribution in [0.5, 0.6) is 5.75 Å². The molecule has 2 N–H and O–H groups in total. The Hall–Kier alpha value is -2.96. The van der Waals surface area contributed by atoms with Crippen molar-refractivity contribution < 1.29 is 18.3 Å². The van der Waals surface area contributed by atoms with Crippen LogP contribution in [0.3, 0.4) is 0 Å². The van der Waals surface area contributed by atoms with Crippen molar-refractivity contribution in [1.29, 1.82) is 0 Å². The van der Waals surface area contributed by atoms with Crippen LogP contribution < -0.4 is 15.5 Å². The largest absolute Gasteiger partial charge is 0.497 e. The number of nitrogens with zero attached hydrogens (tertiary/aromatic N) is 1. The highest BCUT2D eigenvalue weighted by Gasteiger charge is 2.11. The molecule has 2 aromatic carbocycles. The van der Waals surface area contributed by atoms with Crippen molar-refractivity contribution >= 4 is 17.3 Å². The van der Waals surface area contributed by atoms with Gasteiger partial charge in [-0.3, -0.25) is 4.79 Å². The lowest BCUT2D eigenvalue weighted by atomic mass is 10.1. The second-order valence-electron chi connectivity index (χ2n) is 4.91. The lowest BCUT2D eigenvalue weighted by Gasteiger charge is -2.07. The molecule has 7 heteroatoms. The van der Waals surface area contributed by atoms with Crippen LogP contribution in [0.2, 0.25) is 0 Å². The fourth-order valence-corrected chi connectivity index (χ4v) is 1.98. The van der Waals surface area contributed by atoms with Gasteiger partial charge in [-0.25, -0.2) is 14.2 Å². The number of ether oxygens (including phenoxy) is 1. The predicted octanol–water partition coefficient (Wildman–Crippen LogP) is 2.93. The minimum Gasteiger partial charge on any atom is -0.497 e. The molecule has 126 valence electrons. The van der Waals surface area contributed by atoms with Gasteiger partial charge in [-0.15, -0.1) is 0 Å². The van der Waals surface area contributed by atoms with E-state index in [0.29, 0.717) is 5.75 Å². The third-order valence-electron chi connectivity index (χ3n) is 3.22. The molecule has 0 aromatic heterocycles. The van der Waals surface area contributed by atoms with Crippen LogP contribution in [0.25, 0.3) is 0 Å². The molecule has 0 bridgehead atoms. The summed E-state index contributed by atoms with van der Waals surface area (Å²) in [5.41, 5.74) is 2.77. The summed E-state index contributed by atoms with van der Waals surface area (Å²) in [5, 5.41) is 6.63. The van der Waals surface area contributed by atoms with Gasteiger partial charge in [0.05, 0.1) is 24.9 Å². The number of carbonyl (C=O) groups excluding carboxylic acids is 1. The van der Waals surface area contributed by atoms with Crippen LogP contribution in [0, 0.1) is 11.6 Å². The van der Waals surface area contributed by atoms with E-state index >= 15 is 0 Å². The van der Waals surface area contributed by atoms with Crippen LogP contribution in [0.15, 0.2) is 47.6 Å². The number of hydrazone groups is 1. The Morgan fingerprint density at radius 2 is 1.75 bits per heavy atom. The molecule has 0 aliphatic carbocycles. The van der Waals surface area contributed by atoms with E-state index in [0.717, 1.165) is 17.8 Å². The van der Waals surface area contributed by atoms with Crippen LogP contribution in [-0.4, -0.2) is 25.3 Å². The van der Waals surface area contributed by atoms with Crippen molar-refractivity contribution in [1.82, 2.24) is 5.43 Å². The van der Waals surface area contributed by atoms with Crippen molar-refractivity contribution in [3.05, 3.63) is 59.7 Å². The van der Waals surface area contributed by atoms with E-state index in [1.165, 1.54) is 13.0 Å². The maximum Gasteiger partial charge on any atom is 0.259 e. The summed E-state index contributed by atoms with van der Waals surface area (Å²) in [6.07, 6.45) is 0. The predicted molar refractivity (Wildman–Crippen MR) is 88.2 cm³/mol. The Morgan fingerprint density at radius 1 is 1.12 bits per heavy atom. The molecule has 2 aromatic rings. The summed E-state index contributed by atoms with van der Waals surface area (Å²) in [7, 11) is 1.56. The minimum absolute atomic E-state index is 0.0388. The lowest BCUT2D eigenvalue weighted by Crippen LogP contribution is -2.27. The molecule has 0 aliphatic rings. The topological polar surface area (TPSA) is 62.7 Å². The van der Waals surface area contributed by atoms with E-state index in [2.05, 4.69) is 15.8 Å². The number of nitrogens with one attached hydrogen (secondary N) is 2. The van der Waals surface area contributed by atoms with Crippen LogP contribution in [-0.2, 0) is 4.79 Å². The van der Waals surface area contributed by atoms with Crippen LogP contribution in [0.1, 0.15) is 12.5 Å². The van der Waals surface area contributed by atoms with Crippen LogP contribution >= 0.6 is 0 Å². The Morgan fingerprint density at radius 3 is 2.33 bits per heavy atom. The molecular weight excluding hydrogens is 316 g/mol. The van der Waals surface area contributed by atoms with E-state index in [-0.39, 0.29) is 17.8 Å². The summed E-state index contributed by atoms with van der Waals surface area (Å²) >= 11 is 0. The van der Waals surface area contributed by atoms with Gasteiger partial charge >= 0.3 is 0 Å². The van der Waals surface area contributed by atoms with E-state index in [9.17, 15) is 13.6 Å². The third kappa shape index (κ3) is 4.52. The van der Waals surface area contributed by atoms with E-state index < -0.39 is 17.5 Å². The van der Waals surface area contributed by atoms with Crippen molar-refractivity contribution in [3.63, 3.8) is 0 Å². The number of anilines is 1. The number of carbonyl (C=O) groups is 1. The van der Waals surface area contributed by atoms with Gasteiger partial charge in [-0.1, -0.05) is 6.07 Å². The van der Waals surface area contributed by atoms with Gasteiger partial charge in [0.15, 0.2) is 0 Å². The van der Waals surface area contributed by atoms with E-state index in [1.54, 1.807) is 31.4 Å². The third-order valence-corrected chi connectivity index (χ3v) is 3.22. The molecule has 0 saturated heterocycles. The first-order chi connectivity index (χ1) is 11.5. The first-order valence-electron chi connectivity index (χ1n) is 7.16. The zero-order valence-electron chi connectivity index (χ0n) is 13.3. The van der Waals surface area contributed by atoms with Gasteiger partial charge < -0.3 is 10.1 Å². The van der Waals surface area contributed by atoms with Gasteiger partial charge in [0.25, 0.3) is 5.91 Å². The Labute approximate surface area is 138 Å². The van der Waals surface area contributed by atoms with Gasteiger partial charge in [0.2, 0.25) is 0 Å².